The van der Waals surface area contributed by atoms with Crippen LogP contribution in [0.3, 0.4) is 0 Å². The summed E-state index contributed by atoms with van der Waals surface area (Å²) in [7, 11) is 0. The Morgan fingerprint density at radius 1 is 1.08 bits per heavy atom. The molecule has 0 heterocycles. The molecule has 0 aliphatic heterocycles. The maximum Gasteiger partial charge on any atom is 0.341 e. The molecule has 0 aliphatic rings. The lowest BCUT2D eigenvalue weighted by Gasteiger charge is -2.16. The molecule has 0 aromatic heterocycles. The van der Waals surface area contributed by atoms with Gasteiger partial charge in [0, 0.05) is 0 Å². The van der Waals surface area contributed by atoms with Crippen molar-refractivity contribution in [3.05, 3.63) is 35.9 Å². The predicted molar refractivity (Wildman–Crippen MR) is 91.3 cm³/mol. The number of aromatic hydroxyl groups is 1. The van der Waals surface area contributed by atoms with E-state index in [1.54, 1.807) is 39.0 Å². The average Bonchev–Trinajstić information content (AvgIpc) is 2.51. The van der Waals surface area contributed by atoms with Gasteiger partial charge in [-0.1, -0.05) is 13.0 Å². The third-order valence-corrected chi connectivity index (χ3v) is 3.41. The fraction of sp³-hybridized carbons (Fsp3) is 0.368. The molecule has 0 fully saturated rings. The third-order valence-electron chi connectivity index (χ3n) is 3.41. The molecule has 2 aromatic rings. The number of benzene rings is 2. The minimum Gasteiger partial charge on any atom is -0.507 e. The third kappa shape index (κ3) is 4.04. The number of rotatable bonds is 4. The van der Waals surface area contributed by atoms with E-state index in [4.69, 9.17) is 9.47 Å². The second-order valence-corrected chi connectivity index (χ2v) is 6.65. The molecule has 0 aliphatic carbocycles. The van der Waals surface area contributed by atoms with Crippen molar-refractivity contribution in [2.75, 3.05) is 6.61 Å². The van der Waals surface area contributed by atoms with Gasteiger partial charge in [0.2, 0.25) is 0 Å². The normalized spacial score (nSPS) is 11.3. The zero-order chi connectivity index (χ0) is 17.9. The lowest BCUT2D eigenvalue weighted by atomic mass is 9.97. The topological polar surface area (TPSA) is 72.8 Å². The van der Waals surface area contributed by atoms with Crippen LogP contribution in [0.4, 0.5) is 0 Å². The molecular weight excluding hydrogens is 308 g/mol. The summed E-state index contributed by atoms with van der Waals surface area (Å²) in [6, 6.07) is 8.07. The van der Waals surface area contributed by atoms with Gasteiger partial charge >= 0.3 is 11.9 Å². The SMILES string of the molecule is CCCOC(=O)c1cc2cc(OC(=O)C(C)(C)C)ccc2cc1O. The number of phenolic OH excluding ortho intramolecular Hbond substituents is 1. The number of phenols is 1. The number of hydrogen-bond acceptors (Lipinski definition) is 5. The first kappa shape index (κ1) is 17.8. The fourth-order valence-electron chi connectivity index (χ4n) is 2.02. The summed E-state index contributed by atoms with van der Waals surface area (Å²) in [4.78, 5) is 24.0. The summed E-state index contributed by atoms with van der Waals surface area (Å²) in [6.07, 6.45) is 0.701. The number of carbonyl (C=O) groups excluding carboxylic acids is 2. The summed E-state index contributed by atoms with van der Waals surface area (Å²) < 4.78 is 10.4. The molecule has 5 heteroatoms. The standard InChI is InChI=1S/C19H22O5/c1-5-8-23-17(21)15-10-13-9-14(24-18(22)19(2,3)4)7-6-12(13)11-16(15)20/h6-7,9-11,20H,5,8H2,1-4H3. The molecular formula is C19H22O5. The highest BCUT2D eigenvalue weighted by atomic mass is 16.5. The van der Waals surface area contributed by atoms with Crippen molar-refractivity contribution < 1.29 is 24.2 Å². The Morgan fingerprint density at radius 2 is 1.79 bits per heavy atom. The first-order valence-corrected chi connectivity index (χ1v) is 7.88. The molecule has 0 spiro atoms. The average molecular weight is 330 g/mol. The first-order chi connectivity index (χ1) is 11.2. The highest BCUT2D eigenvalue weighted by molar-refractivity contribution is 5.99. The van der Waals surface area contributed by atoms with Gasteiger partial charge in [0.1, 0.15) is 17.1 Å². The van der Waals surface area contributed by atoms with Crippen molar-refractivity contribution in [3.8, 4) is 11.5 Å². The number of esters is 2. The van der Waals surface area contributed by atoms with Gasteiger partial charge < -0.3 is 14.6 Å². The molecule has 0 bridgehead atoms. The van der Waals surface area contributed by atoms with Crippen molar-refractivity contribution in [2.24, 2.45) is 5.41 Å². The Morgan fingerprint density at radius 3 is 2.42 bits per heavy atom. The van der Waals surface area contributed by atoms with Gasteiger partial charge in [-0.3, -0.25) is 4.79 Å². The number of fused-ring (bicyclic) bond motifs is 1. The Hall–Kier alpha value is -2.56. The van der Waals surface area contributed by atoms with Crippen molar-refractivity contribution in [1.82, 2.24) is 0 Å². The van der Waals surface area contributed by atoms with Gasteiger partial charge in [-0.25, -0.2) is 4.79 Å². The van der Waals surface area contributed by atoms with Crippen molar-refractivity contribution in [3.63, 3.8) is 0 Å². The van der Waals surface area contributed by atoms with Crippen molar-refractivity contribution in [2.45, 2.75) is 34.1 Å². The maximum absolute atomic E-state index is 12.0. The quantitative estimate of drug-likeness (QED) is 0.676. The monoisotopic (exact) mass is 330 g/mol. The highest BCUT2D eigenvalue weighted by Crippen LogP contribution is 2.29. The maximum atomic E-state index is 12.0. The molecule has 0 atom stereocenters. The minimum atomic E-state index is -0.612. The van der Waals surface area contributed by atoms with Crippen LogP contribution in [0.1, 0.15) is 44.5 Å². The molecule has 0 radical (unpaired) electrons. The van der Waals surface area contributed by atoms with Gasteiger partial charge in [0.25, 0.3) is 0 Å². The molecule has 0 saturated carbocycles. The summed E-state index contributed by atoms with van der Waals surface area (Å²) in [5.74, 6) is -0.666. The largest absolute Gasteiger partial charge is 0.507 e. The number of carbonyl (C=O) groups is 2. The Bertz CT molecular complexity index is 771. The summed E-state index contributed by atoms with van der Waals surface area (Å²) in [6.45, 7) is 7.51. The summed E-state index contributed by atoms with van der Waals surface area (Å²) in [5, 5.41) is 11.4. The predicted octanol–water partition coefficient (Wildman–Crippen LogP) is 4.06. The smallest absolute Gasteiger partial charge is 0.341 e. The van der Waals surface area contributed by atoms with Crippen molar-refractivity contribution >= 4 is 22.7 Å². The van der Waals surface area contributed by atoms with E-state index in [0.717, 1.165) is 5.39 Å². The molecule has 2 rings (SSSR count). The van der Waals surface area contributed by atoms with Crippen LogP contribution < -0.4 is 4.74 Å². The fourth-order valence-corrected chi connectivity index (χ4v) is 2.02. The Balaban J connectivity index is 2.35. The van der Waals surface area contributed by atoms with E-state index in [1.165, 1.54) is 12.1 Å². The number of ether oxygens (including phenoxy) is 2. The lowest BCUT2D eigenvalue weighted by Crippen LogP contribution is -2.25. The van der Waals surface area contributed by atoms with E-state index in [0.29, 0.717) is 24.2 Å². The van der Waals surface area contributed by atoms with Crippen molar-refractivity contribution in [1.29, 1.82) is 0 Å². The highest BCUT2D eigenvalue weighted by Gasteiger charge is 2.24. The van der Waals surface area contributed by atoms with E-state index in [1.807, 2.05) is 6.92 Å². The molecule has 1 N–H and O–H groups in total. The zero-order valence-electron chi connectivity index (χ0n) is 14.4. The second kappa shape index (κ2) is 6.91. The number of hydrogen-bond donors (Lipinski definition) is 1. The lowest BCUT2D eigenvalue weighted by molar-refractivity contribution is -0.142. The molecule has 2 aromatic carbocycles. The minimum absolute atomic E-state index is 0.0928. The summed E-state index contributed by atoms with van der Waals surface area (Å²) in [5.41, 5.74) is -0.519. The molecule has 0 unspecified atom stereocenters. The van der Waals surface area contributed by atoms with Gasteiger partial charge in [-0.15, -0.1) is 0 Å². The zero-order valence-corrected chi connectivity index (χ0v) is 14.4. The molecule has 128 valence electrons. The van der Waals surface area contributed by atoms with Crippen LogP contribution in [-0.4, -0.2) is 23.7 Å². The Labute approximate surface area is 141 Å². The second-order valence-electron chi connectivity index (χ2n) is 6.65. The van der Waals surface area contributed by atoms with Gasteiger partial charge in [-0.2, -0.15) is 0 Å². The van der Waals surface area contributed by atoms with Crippen LogP contribution in [-0.2, 0) is 9.53 Å². The van der Waals surface area contributed by atoms with Crippen LogP contribution >= 0.6 is 0 Å². The molecule has 0 saturated heterocycles. The van der Waals surface area contributed by atoms with E-state index in [2.05, 4.69) is 0 Å². The van der Waals surface area contributed by atoms with Crippen LogP contribution in [0.5, 0.6) is 11.5 Å². The van der Waals surface area contributed by atoms with Crippen LogP contribution in [0.15, 0.2) is 30.3 Å². The molecule has 0 amide bonds. The molecule has 5 nitrogen and oxygen atoms in total. The van der Waals surface area contributed by atoms with E-state index < -0.39 is 11.4 Å². The van der Waals surface area contributed by atoms with Crippen LogP contribution in [0.25, 0.3) is 10.8 Å². The van der Waals surface area contributed by atoms with Gasteiger partial charge in [0.05, 0.1) is 12.0 Å². The Kier molecular flexibility index (Phi) is 5.12. The molecule has 24 heavy (non-hydrogen) atoms. The van der Waals surface area contributed by atoms with E-state index >= 15 is 0 Å². The van der Waals surface area contributed by atoms with Gasteiger partial charge in [-0.05, 0) is 62.2 Å². The van der Waals surface area contributed by atoms with Gasteiger partial charge in [0.15, 0.2) is 0 Å². The van der Waals surface area contributed by atoms with Crippen LogP contribution in [0, 0.1) is 5.41 Å². The summed E-state index contributed by atoms with van der Waals surface area (Å²) >= 11 is 0. The van der Waals surface area contributed by atoms with E-state index in [-0.39, 0.29) is 17.3 Å². The first-order valence-electron chi connectivity index (χ1n) is 7.88. The van der Waals surface area contributed by atoms with E-state index in [9.17, 15) is 14.7 Å². The van der Waals surface area contributed by atoms with Crippen LogP contribution in [0.2, 0.25) is 0 Å².